The number of ether oxygens (including phenoxy) is 3. The fourth-order valence-corrected chi connectivity index (χ4v) is 3.40. The zero-order chi connectivity index (χ0) is 23.4. The minimum atomic E-state index is -0.709. The molecule has 1 aliphatic heterocycles. The van der Waals surface area contributed by atoms with E-state index in [0.717, 1.165) is 5.56 Å². The highest BCUT2D eigenvalue weighted by molar-refractivity contribution is 6.32. The third-order valence-corrected chi connectivity index (χ3v) is 4.94. The van der Waals surface area contributed by atoms with Gasteiger partial charge in [-0.3, -0.25) is 0 Å². The Kier molecular flexibility index (Phi) is 6.70. The van der Waals surface area contributed by atoms with Crippen molar-refractivity contribution in [2.75, 3.05) is 6.61 Å². The summed E-state index contributed by atoms with van der Waals surface area (Å²) in [5.41, 5.74) is 1.35. The Hall–Kier alpha value is -3.71. The number of rotatable bonds is 7. The van der Waals surface area contributed by atoms with E-state index in [1.165, 1.54) is 36.4 Å². The molecule has 0 N–H and O–H groups in total. The molecule has 0 unspecified atom stereocenters. The Balaban J connectivity index is 1.61. The van der Waals surface area contributed by atoms with Gasteiger partial charge < -0.3 is 14.2 Å². The fraction of sp³-hybridized carbons (Fsp3) is 0.120. The minimum Gasteiger partial charge on any atom is -0.490 e. The molecule has 4 rings (SSSR count). The molecule has 3 aromatic carbocycles. The summed E-state index contributed by atoms with van der Waals surface area (Å²) in [6.07, 6.45) is 1.47. The highest BCUT2D eigenvalue weighted by Crippen LogP contribution is 2.38. The highest BCUT2D eigenvalue weighted by Gasteiger charge is 2.26. The molecule has 0 atom stereocenters. The van der Waals surface area contributed by atoms with Crippen LogP contribution in [-0.4, -0.2) is 18.5 Å². The molecule has 0 fully saturated rings. The van der Waals surface area contributed by atoms with Gasteiger partial charge in [0.2, 0.25) is 5.90 Å². The first-order chi connectivity index (χ1) is 15.9. The summed E-state index contributed by atoms with van der Waals surface area (Å²) >= 11 is 6.43. The SMILES string of the molecule is CCOc1cc(C=C2N=C(c3ccccc3F)OC2=O)cc(Cl)c1OCc1ccc(F)cc1. The van der Waals surface area contributed by atoms with E-state index in [-0.39, 0.29) is 34.6 Å². The van der Waals surface area contributed by atoms with Gasteiger partial charge in [0.15, 0.2) is 17.2 Å². The maximum Gasteiger partial charge on any atom is 0.363 e. The number of carbonyl (C=O) groups is 1. The molecule has 0 aromatic heterocycles. The van der Waals surface area contributed by atoms with Crippen molar-refractivity contribution < 1.29 is 27.8 Å². The average Bonchev–Trinajstić information content (AvgIpc) is 3.15. The fourth-order valence-electron chi connectivity index (χ4n) is 3.13. The van der Waals surface area contributed by atoms with Crippen LogP contribution in [0.3, 0.4) is 0 Å². The van der Waals surface area contributed by atoms with Gasteiger partial charge in [-0.1, -0.05) is 35.9 Å². The van der Waals surface area contributed by atoms with E-state index >= 15 is 0 Å². The Morgan fingerprint density at radius 1 is 1.06 bits per heavy atom. The lowest BCUT2D eigenvalue weighted by molar-refractivity contribution is -0.129. The van der Waals surface area contributed by atoms with Gasteiger partial charge in [0.1, 0.15) is 18.2 Å². The molecular formula is C25H18ClF2NO4. The molecule has 0 aliphatic carbocycles. The van der Waals surface area contributed by atoms with Crippen LogP contribution in [0.15, 0.2) is 71.4 Å². The van der Waals surface area contributed by atoms with Crippen molar-refractivity contribution in [3.8, 4) is 11.5 Å². The summed E-state index contributed by atoms with van der Waals surface area (Å²) < 4.78 is 43.7. The number of hydrogen-bond acceptors (Lipinski definition) is 5. The topological polar surface area (TPSA) is 57.1 Å². The lowest BCUT2D eigenvalue weighted by Crippen LogP contribution is -2.07. The third kappa shape index (κ3) is 5.21. The number of esters is 1. The van der Waals surface area contributed by atoms with E-state index < -0.39 is 11.8 Å². The molecule has 33 heavy (non-hydrogen) atoms. The average molecular weight is 470 g/mol. The van der Waals surface area contributed by atoms with E-state index in [1.54, 1.807) is 30.3 Å². The number of carbonyl (C=O) groups excluding carboxylic acids is 1. The predicted octanol–water partition coefficient (Wildman–Crippen LogP) is 5.94. The molecular weight excluding hydrogens is 452 g/mol. The van der Waals surface area contributed by atoms with Crippen LogP contribution in [0.25, 0.3) is 6.08 Å². The van der Waals surface area contributed by atoms with Crippen LogP contribution < -0.4 is 9.47 Å². The largest absolute Gasteiger partial charge is 0.490 e. The number of aliphatic imine (C=N–C) groups is 1. The molecule has 1 heterocycles. The number of benzene rings is 3. The first-order valence-corrected chi connectivity index (χ1v) is 10.4. The monoisotopic (exact) mass is 469 g/mol. The van der Waals surface area contributed by atoms with Crippen molar-refractivity contribution in [3.05, 3.63) is 99.7 Å². The normalized spacial score (nSPS) is 14.2. The smallest absolute Gasteiger partial charge is 0.363 e. The molecule has 168 valence electrons. The van der Waals surface area contributed by atoms with Crippen molar-refractivity contribution in [1.29, 1.82) is 0 Å². The van der Waals surface area contributed by atoms with E-state index in [1.807, 2.05) is 6.92 Å². The van der Waals surface area contributed by atoms with Gasteiger partial charge in [-0.25, -0.2) is 18.6 Å². The van der Waals surface area contributed by atoms with Gasteiger partial charge in [-0.2, -0.15) is 0 Å². The summed E-state index contributed by atoms with van der Waals surface area (Å²) in [4.78, 5) is 16.4. The van der Waals surface area contributed by atoms with Crippen molar-refractivity contribution in [2.24, 2.45) is 4.99 Å². The van der Waals surface area contributed by atoms with E-state index in [4.69, 9.17) is 25.8 Å². The Morgan fingerprint density at radius 2 is 1.82 bits per heavy atom. The summed E-state index contributed by atoms with van der Waals surface area (Å²) in [5.74, 6) is -1.03. The first-order valence-electron chi connectivity index (χ1n) is 10.1. The van der Waals surface area contributed by atoms with Gasteiger partial charge in [-0.15, -0.1) is 0 Å². The molecule has 1 aliphatic rings. The summed E-state index contributed by atoms with van der Waals surface area (Å²) in [6.45, 7) is 2.31. The lowest BCUT2D eigenvalue weighted by atomic mass is 10.1. The lowest BCUT2D eigenvalue weighted by Gasteiger charge is -2.14. The van der Waals surface area contributed by atoms with Gasteiger partial charge >= 0.3 is 5.97 Å². The van der Waals surface area contributed by atoms with Gasteiger partial charge in [0.05, 0.1) is 17.2 Å². The van der Waals surface area contributed by atoms with Crippen LogP contribution in [-0.2, 0) is 16.1 Å². The number of halogens is 3. The first kappa shape index (κ1) is 22.5. The maximum atomic E-state index is 14.0. The highest BCUT2D eigenvalue weighted by atomic mass is 35.5. The van der Waals surface area contributed by atoms with Crippen molar-refractivity contribution in [3.63, 3.8) is 0 Å². The van der Waals surface area contributed by atoms with Gasteiger partial charge in [-0.05, 0) is 60.5 Å². The van der Waals surface area contributed by atoms with Crippen LogP contribution in [0.1, 0.15) is 23.6 Å². The summed E-state index contributed by atoms with van der Waals surface area (Å²) in [5, 5.41) is 0.250. The molecule has 0 radical (unpaired) electrons. The number of hydrogen-bond donors (Lipinski definition) is 0. The Bertz CT molecular complexity index is 1260. The van der Waals surface area contributed by atoms with E-state index in [0.29, 0.717) is 23.7 Å². The third-order valence-electron chi connectivity index (χ3n) is 4.66. The second kappa shape index (κ2) is 9.83. The van der Waals surface area contributed by atoms with Crippen LogP contribution in [0.4, 0.5) is 8.78 Å². The van der Waals surface area contributed by atoms with E-state index in [9.17, 15) is 13.6 Å². The zero-order valence-electron chi connectivity index (χ0n) is 17.5. The summed E-state index contributed by atoms with van der Waals surface area (Å²) in [7, 11) is 0. The standard InChI is InChI=1S/C25H18ClF2NO4/c1-2-31-22-13-16(11-19(26)23(22)32-14-15-7-9-17(27)10-8-15)12-21-25(30)33-24(29-21)18-5-3-4-6-20(18)28/h3-13H,2,14H2,1H3. The molecule has 0 saturated carbocycles. The van der Waals surface area contributed by atoms with Crippen molar-refractivity contribution >= 4 is 29.5 Å². The predicted molar refractivity (Wildman–Crippen MR) is 120 cm³/mol. The second-order valence-electron chi connectivity index (χ2n) is 6.99. The molecule has 0 amide bonds. The van der Waals surface area contributed by atoms with Crippen molar-refractivity contribution in [1.82, 2.24) is 0 Å². The van der Waals surface area contributed by atoms with Crippen LogP contribution in [0.5, 0.6) is 11.5 Å². The van der Waals surface area contributed by atoms with Crippen LogP contribution >= 0.6 is 11.6 Å². The number of cyclic esters (lactones) is 1. The van der Waals surface area contributed by atoms with Gasteiger partial charge in [0, 0.05) is 0 Å². The molecule has 3 aromatic rings. The quantitative estimate of drug-likeness (QED) is 0.317. The molecule has 0 saturated heterocycles. The minimum absolute atomic E-state index is 0.00764. The van der Waals surface area contributed by atoms with Gasteiger partial charge in [0.25, 0.3) is 0 Å². The molecule has 8 heteroatoms. The second-order valence-corrected chi connectivity index (χ2v) is 7.40. The Labute approximate surface area is 193 Å². The molecule has 0 spiro atoms. The maximum absolute atomic E-state index is 14.0. The zero-order valence-corrected chi connectivity index (χ0v) is 18.2. The summed E-state index contributed by atoms with van der Waals surface area (Å²) in [6, 6.07) is 15.0. The van der Waals surface area contributed by atoms with E-state index in [2.05, 4.69) is 4.99 Å². The van der Waals surface area contributed by atoms with Crippen molar-refractivity contribution in [2.45, 2.75) is 13.5 Å². The molecule has 0 bridgehead atoms. The number of nitrogens with zero attached hydrogens (tertiary/aromatic N) is 1. The van der Waals surface area contributed by atoms with Crippen LogP contribution in [0, 0.1) is 11.6 Å². The Morgan fingerprint density at radius 3 is 2.55 bits per heavy atom. The molecule has 5 nitrogen and oxygen atoms in total. The van der Waals surface area contributed by atoms with Crippen LogP contribution in [0.2, 0.25) is 5.02 Å².